The van der Waals surface area contributed by atoms with E-state index in [1.165, 1.54) is 6.07 Å². The Kier molecular flexibility index (Phi) is 4.67. The fraction of sp³-hybridized carbons (Fsp3) is 0.500. The Morgan fingerprint density at radius 1 is 1.45 bits per heavy atom. The van der Waals surface area contributed by atoms with Crippen LogP contribution in [-0.4, -0.2) is 42.1 Å². The molecule has 1 saturated heterocycles. The van der Waals surface area contributed by atoms with Crippen LogP contribution < -0.4 is 5.32 Å². The molecule has 0 radical (unpaired) electrons. The first-order chi connectivity index (χ1) is 9.47. The Morgan fingerprint density at radius 3 is 2.85 bits per heavy atom. The largest absolute Gasteiger partial charge is 0.387 e. The second kappa shape index (κ2) is 6.28. The minimum atomic E-state index is -0.968. The van der Waals surface area contributed by atoms with Gasteiger partial charge in [0.2, 0.25) is 5.91 Å². The van der Waals surface area contributed by atoms with E-state index in [1.54, 1.807) is 11.9 Å². The molecular weight excluding hydrogens is 266 g/mol. The number of rotatable bonds is 4. The molecule has 1 aromatic rings. The molecule has 2 unspecified atom stereocenters. The van der Waals surface area contributed by atoms with E-state index in [9.17, 15) is 18.7 Å². The molecule has 20 heavy (non-hydrogen) atoms. The quantitative estimate of drug-likeness (QED) is 0.874. The highest BCUT2D eigenvalue weighted by atomic mass is 19.2. The van der Waals surface area contributed by atoms with E-state index in [0.717, 1.165) is 12.1 Å². The molecule has 0 spiro atoms. The predicted molar refractivity (Wildman–Crippen MR) is 70.0 cm³/mol. The van der Waals surface area contributed by atoms with Gasteiger partial charge in [-0.25, -0.2) is 8.78 Å². The predicted octanol–water partition coefficient (Wildman–Crippen LogP) is 1.21. The molecule has 1 amide bonds. The van der Waals surface area contributed by atoms with E-state index in [1.807, 2.05) is 0 Å². The van der Waals surface area contributed by atoms with Gasteiger partial charge in [0.25, 0.3) is 0 Å². The van der Waals surface area contributed by atoms with Gasteiger partial charge < -0.3 is 15.3 Å². The molecule has 2 atom stereocenters. The zero-order valence-electron chi connectivity index (χ0n) is 11.3. The molecular formula is C14H18F2N2O2. The second-order valence-corrected chi connectivity index (χ2v) is 5.11. The van der Waals surface area contributed by atoms with E-state index in [0.29, 0.717) is 24.9 Å². The van der Waals surface area contributed by atoms with E-state index < -0.39 is 17.7 Å². The fourth-order valence-corrected chi connectivity index (χ4v) is 2.29. The molecule has 0 aromatic heterocycles. The summed E-state index contributed by atoms with van der Waals surface area (Å²) in [6.07, 6.45) is 0.288. The Balaban J connectivity index is 1.87. The number of likely N-dealkylation sites (N-methyl/N-ethyl adjacent to an activating group) is 1. The van der Waals surface area contributed by atoms with Gasteiger partial charge in [0, 0.05) is 32.6 Å². The lowest BCUT2D eigenvalue weighted by Crippen LogP contribution is -2.47. The van der Waals surface area contributed by atoms with Gasteiger partial charge in [-0.2, -0.15) is 0 Å². The van der Waals surface area contributed by atoms with Gasteiger partial charge in [-0.3, -0.25) is 4.79 Å². The van der Waals surface area contributed by atoms with Crippen molar-refractivity contribution in [2.45, 2.75) is 25.0 Å². The summed E-state index contributed by atoms with van der Waals surface area (Å²) >= 11 is 0. The maximum absolute atomic E-state index is 13.1. The van der Waals surface area contributed by atoms with Crippen LogP contribution in [0.15, 0.2) is 18.2 Å². The lowest BCUT2D eigenvalue weighted by molar-refractivity contribution is -0.132. The third kappa shape index (κ3) is 3.52. The standard InChI is InChI=1S/C14H18F2N2O2/c1-18-8-10(3-5-14(18)20)17-7-13(19)9-2-4-11(15)12(16)6-9/h2,4,6,10,13,17,19H,3,5,7-8H2,1H3. The van der Waals surface area contributed by atoms with Crippen molar-refractivity contribution in [1.82, 2.24) is 10.2 Å². The number of hydrogen-bond donors (Lipinski definition) is 2. The summed E-state index contributed by atoms with van der Waals surface area (Å²) in [6.45, 7) is 0.821. The van der Waals surface area contributed by atoms with E-state index in [-0.39, 0.29) is 18.5 Å². The summed E-state index contributed by atoms with van der Waals surface area (Å²) < 4.78 is 25.9. The molecule has 110 valence electrons. The molecule has 1 aromatic carbocycles. The van der Waals surface area contributed by atoms with Crippen LogP contribution in [-0.2, 0) is 4.79 Å². The van der Waals surface area contributed by atoms with Gasteiger partial charge in [-0.15, -0.1) is 0 Å². The molecule has 1 aliphatic rings. The van der Waals surface area contributed by atoms with Crippen molar-refractivity contribution in [2.24, 2.45) is 0 Å². The molecule has 1 fully saturated rings. The Bertz CT molecular complexity index is 496. The molecule has 1 heterocycles. The molecule has 1 aliphatic heterocycles. The number of nitrogens with one attached hydrogen (secondary N) is 1. The van der Waals surface area contributed by atoms with Crippen molar-refractivity contribution in [3.63, 3.8) is 0 Å². The number of benzene rings is 1. The normalized spacial score (nSPS) is 21.1. The highest BCUT2D eigenvalue weighted by Gasteiger charge is 2.23. The fourth-order valence-electron chi connectivity index (χ4n) is 2.29. The zero-order valence-corrected chi connectivity index (χ0v) is 11.3. The number of carbonyl (C=O) groups is 1. The van der Waals surface area contributed by atoms with Crippen molar-refractivity contribution in [2.75, 3.05) is 20.1 Å². The number of carbonyl (C=O) groups excluding carboxylic acids is 1. The molecule has 0 bridgehead atoms. The van der Waals surface area contributed by atoms with Crippen molar-refractivity contribution in [1.29, 1.82) is 0 Å². The van der Waals surface area contributed by atoms with E-state index >= 15 is 0 Å². The average Bonchev–Trinajstić information content (AvgIpc) is 2.43. The topological polar surface area (TPSA) is 52.6 Å². The number of likely N-dealkylation sites (tertiary alicyclic amines) is 1. The molecule has 2 N–H and O–H groups in total. The van der Waals surface area contributed by atoms with Gasteiger partial charge in [0.1, 0.15) is 0 Å². The minimum absolute atomic E-state index is 0.109. The van der Waals surface area contributed by atoms with Crippen molar-refractivity contribution in [3.8, 4) is 0 Å². The van der Waals surface area contributed by atoms with Crippen LogP contribution in [0, 0.1) is 11.6 Å². The number of nitrogens with zero attached hydrogens (tertiary/aromatic N) is 1. The summed E-state index contributed by atoms with van der Waals surface area (Å²) in [5.74, 6) is -1.78. The summed E-state index contributed by atoms with van der Waals surface area (Å²) in [6, 6.07) is 3.47. The van der Waals surface area contributed by atoms with Gasteiger partial charge in [0.15, 0.2) is 11.6 Å². The summed E-state index contributed by atoms with van der Waals surface area (Å²) in [5.41, 5.74) is 0.330. The van der Waals surface area contributed by atoms with Gasteiger partial charge in [-0.05, 0) is 24.1 Å². The zero-order chi connectivity index (χ0) is 14.7. The van der Waals surface area contributed by atoms with Crippen LogP contribution in [0.3, 0.4) is 0 Å². The molecule has 4 nitrogen and oxygen atoms in total. The van der Waals surface area contributed by atoms with Gasteiger partial charge >= 0.3 is 0 Å². The van der Waals surface area contributed by atoms with Crippen LogP contribution in [0.2, 0.25) is 0 Å². The first kappa shape index (κ1) is 14.9. The van der Waals surface area contributed by atoms with Crippen molar-refractivity contribution in [3.05, 3.63) is 35.4 Å². The van der Waals surface area contributed by atoms with Crippen LogP contribution in [0.25, 0.3) is 0 Å². The smallest absolute Gasteiger partial charge is 0.222 e. The Hall–Kier alpha value is -1.53. The van der Waals surface area contributed by atoms with E-state index in [4.69, 9.17) is 0 Å². The summed E-state index contributed by atoms with van der Waals surface area (Å²) in [7, 11) is 1.74. The van der Waals surface area contributed by atoms with Gasteiger partial charge in [0.05, 0.1) is 6.10 Å². The lowest BCUT2D eigenvalue weighted by atomic mass is 10.0. The number of hydrogen-bond acceptors (Lipinski definition) is 3. The monoisotopic (exact) mass is 284 g/mol. The van der Waals surface area contributed by atoms with Crippen molar-refractivity contribution < 1.29 is 18.7 Å². The SMILES string of the molecule is CN1CC(NCC(O)c2ccc(F)c(F)c2)CCC1=O. The minimum Gasteiger partial charge on any atom is -0.387 e. The second-order valence-electron chi connectivity index (χ2n) is 5.11. The first-order valence-electron chi connectivity index (χ1n) is 6.57. The third-order valence-corrected chi connectivity index (χ3v) is 3.55. The van der Waals surface area contributed by atoms with Crippen LogP contribution in [0.1, 0.15) is 24.5 Å². The number of aliphatic hydroxyl groups excluding tert-OH is 1. The number of aliphatic hydroxyl groups is 1. The van der Waals surface area contributed by atoms with Gasteiger partial charge in [-0.1, -0.05) is 6.07 Å². The van der Waals surface area contributed by atoms with Crippen molar-refractivity contribution >= 4 is 5.91 Å². The molecule has 6 heteroatoms. The lowest BCUT2D eigenvalue weighted by Gasteiger charge is -2.30. The highest BCUT2D eigenvalue weighted by molar-refractivity contribution is 5.76. The third-order valence-electron chi connectivity index (χ3n) is 3.55. The van der Waals surface area contributed by atoms with Crippen LogP contribution in [0.4, 0.5) is 8.78 Å². The first-order valence-corrected chi connectivity index (χ1v) is 6.57. The highest BCUT2D eigenvalue weighted by Crippen LogP contribution is 2.17. The number of halogens is 2. The summed E-state index contributed by atoms with van der Waals surface area (Å²) in [5, 5.41) is 13.1. The summed E-state index contributed by atoms with van der Waals surface area (Å²) in [4.78, 5) is 13.0. The van der Waals surface area contributed by atoms with Crippen LogP contribution >= 0.6 is 0 Å². The average molecular weight is 284 g/mol. The Morgan fingerprint density at radius 2 is 2.20 bits per heavy atom. The number of amides is 1. The maximum Gasteiger partial charge on any atom is 0.222 e. The maximum atomic E-state index is 13.1. The molecule has 0 saturated carbocycles. The van der Waals surface area contributed by atoms with Crippen LogP contribution in [0.5, 0.6) is 0 Å². The molecule has 2 rings (SSSR count). The molecule has 0 aliphatic carbocycles. The van der Waals surface area contributed by atoms with E-state index in [2.05, 4.69) is 5.32 Å². The Labute approximate surface area is 116 Å². The number of piperidine rings is 1.